The number of methoxy groups -OCH3 is 4. The van der Waals surface area contributed by atoms with Gasteiger partial charge in [-0.3, -0.25) is 0 Å². The maximum absolute atomic E-state index is 15.3. The van der Waals surface area contributed by atoms with Gasteiger partial charge in [-0.05, 0) is 63.1 Å². The molecule has 0 bridgehead atoms. The second-order valence-electron chi connectivity index (χ2n) is 12.7. The van der Waals surface area contributed by atoms with Crippen LogP contribution in [0.25, 0.3) is 0 Å². The topological polar surface area (TPSA) is 126 Å². The van der Waals surface area contributed by atoms with E-state index in [4.69, 9.17) is 42.1 Å². The van der Waals surface area contributed by atoms with E-state index in [1.165, 1.54) is 52.6 Å². The number of carbonyl (C=O) groups is 2. The highest BCUT2D eigenvalue weighted by Crippen LogP contribution is 2.39. The number of nitrogens with zero attached hydrogens (tertiary/aromatic N) is 4. The Labute approximate surface area is 334 Å². The van der Waals surface area contributed by atoms with Crippen LogP contribution in [0, 0.1) is 11.6 Å². The number of nitrogens with one attached hydrogen (secondary N) is 2. The second kappa shape index (κ2) is 17.9. The average molecular weight is 812 g/mol. The lowest BCUT2D eigenvalue weighted by atomic mass is 9.93. The standard InChI is InChI=1S/2C20H21ClFN3O3/c2*1-11-9-14-15(10-16(27-3)19(28-4)17(14)22)18(24-25(11)20(26)23-2)12-5-7-13(21)8-6-12/h2*5-8,10-11H,9H2,1-4H3,(H,23,26)/t11-;/m0./s1. The van der Waals surface area contributed by atoms with E-state index in [0.717, 1.165) is 0 Å². The molecule has 0 aromatic heterocycles. The molecule has 0 saturated heterocycles. The SMILES string of the molecule is CNC(=O)N1N=C(c2ccc(Cl)cc2)c2cc(OC)c(OC)c(F)c2CC1C.CNC(=O)N1N=C(c2ccc(Cl)cc2)c2cc(OC)c(OC)c(F)c2C[C@@H]1C. The van der Waals surface area contributed by atoms with E-state index in [0.29, 0.717) is 54.8 Å². The highest BCUT2D eigenvalue weighted by molar-refractivity contribution is 6.31. The number of rotatable bonds is 6. The summed E-state index contributed by atoms with van der Waals surface area (Å²) in [4.78, 5) is 24.8. The lowest BCUT2D eigenvalue weighted by Gasteiger charge is -2.22. The van der Waals surface area contributed by atoms with E-state index in [2.05, 4.69) is 20.8 Å². The van der Waals surface area contributed by atoms with Gasteiger partial charge in [-0.2, -0.15) is 10.2 Å². The first-order chi connectivity index (χ1) is 26.8. The molecule has 0 saturated carbocycles. The Morgan fingerprint density at radius 2 is 0.982 bits per heavy atom. The van der Waals surface area contributed by atoms with Gasteiger partial charge in [-0.25, -0.2) is 28.4 Å². The third kappa shape index (κ3) is 8.31. The van der Waals surface area contributed by atoms with Crippen molar-refractivity contribution >= 4 is 46.7 Å². The molecule has 6 rings (SSSR count). The van der Waals surface area contributed by atoms with Crippen molar-refractivity contribution in [1.29, 1.82) is 0 Å². The predicted octanol–water partition coefficient (Wildman–Crippen LogP) is 7.67. The molecule has 2 aliphatic heterocycles. The maximum atomic E-state index is 15.3. The lowest BCUT2D eigenvalue weighted by molar-refractivity contribution is 0.183. The van der Waals surface area contributed by atoms with Crippen LogP contribution in [0.3, 0.4) is 0 Å². The smallest absolute Gasteiger partial charge is 0.337 e. The van der Waals surface area contributed by atoms with E-state index in [-0.39, 0.29) is 60.0 Å². The Hall–Kier alpha value is -5.60. The van der Waals surface area contributed by atoms with E-state index in [9.17, 15) is 9.59 Å². The van der Waals surface area contributed by atoms with Crippen molar-refractivity contribution in [3.05, 3.63) is 116 Å². The molecule has 2 aliphatic rings. The predicted molar refractivity (Wildman–Crippen MR) is 212 cm³/mol. The fraction of sp³-hybridized carbons (Fsp3) is 0.300. The van der Waals surface area contributed by atoms with Crippen molar-refractivity contribution in [2.45, 2.75) is 38.8 Å². The molecule has 12 nitrogen and oxygen atoms in total. The molecule has 0 aliphatic carbocycles. The first-order valence-corrected chi connectivity index (χ1v) is 18.2. The van der Waals surface area contributed by atoms with E-state index in [1.54, 1.807) is 60.7 Å². The van der Waals surface area contributed by atoms with Gasteiger partial charge < -0.3 is 29.6 Å². The summed E-state index contributed by atoms with van der Waals surface area (Å²) < 4.78 is 51.7. The molecule has 2 heterocycles. The van der Waals surface area contributed by atoms with Crippen molar-refractivity contribution in [3.8, 4) is 23.0 Å². The van der Waals surface area contributed by atoms with Crippen molar-refractivity contribution in [3.63, 3.8) is 0 Å². The molecule has 2 atom stereocenters. The van der Waals surface area contributed by atoms with Gasteiger partial charge in [-0.15, -0.1) is 0 Å². The van der Waals surface area contributed by atoms with E-state index in [1.807, 2.05) is 13.8 Å². The zero-order valence-electron chi connectivity index (χ0n) is 32.1. The normalized spacial score (nSPS) is 16.0. The van der Waals surface area contributed by atoms with E-state index < -0.39 is 11.6 Å². The molecule has 0 spiro atoms. The van der Waals surface area contributed by atoms with Crippen LogP contribution in [0.5, 0.6) is 23.0 Å². The number of fused-ring (bicyclic) bond motifs is 2. The Morgan fingerprint density at radius 3 is 1.27 bits per heavy atom. The van der Waals surface area contributed by atoms with Gasteiger partial charge in [0, 0.05) is 57.5 Å². The van der Waals surface area contributed by atoms with Crippen LogP contribution in [0.1, 0.15) is 47.2 Å². The zero-order chi connectivity index (χ0) is 40.8. The Balaban J connectivity index is 0.000000214. The van der Waals surface area contributed by atoms with Crippen molar-refractivity contribution in [1.82, 2.24) is 20.7 Å². The molecular weight excluding hydrogens is 769 g/mol. The number of carbonyl (C=O) groups excluding carboxylic acids is 2. The van der Waals surface area contributed by atoms with Crippen LogP contribution in [0.4, 0.5) is 18.4 Å². The van der Waals surface area contributed by atoms with Gasteiger partial charge in [0.05, 0.1) is 51.9 Å². The highest BCUT2D eigenvalue weighted by Gasteiger charge is 2.33. The first-order valence-electron chi connectivity index (χ1n) is 17.4. The van der Waals surface area contributed by atoms with Gasteiger partial charge in [0.2, 0.25) is 0 Å². The van der Waals surface area contributed by atoms with Gasteiger partial charge in [0.25, 0.3) is 0 Å². The van der Waals surface area contributed by atoms with Crippen LogP contribution in [-0.4, -0.2) is 88.1 Å². The van der Waals surface area contributed by atoms with Crippen LogP contribution < -0.4 is 29.6 Å². The molecular formula is C40H42Cl2F2N6O6. The second-order valence-corrected chi connectivity index (χ2v) is 13.6. The van der Waals surface area contributed by atoms with Gasteiger partial charge in [0.15, 0.2) is 34.6 Å². The molecule has 56 heavy (non-hydrogen) atoms. The summed E-state index contributed by atoms with van der Waals surface area (Å²) in [5.41, 5.74) is 4.17. The highest BCUT2D eigenvalue weighted by atomic mass is 35.5. The van der Waals surface area contributed by atoms with Crippen LogP contribution in [0.2, 0.25) is 10.0 Å². The summed E-state index contributed by atoms with van der Waals surface area (Å²) in [6, 6.07) is 15.8. The minimum atomic E-state index is -0.524. The summed E-state index contributed by atoms with van der Waals surface area (Å²) >= 11 is 12.0. The van der Waals surface area contributed by atoms with Crippen LogP contribution in [0.15, 0.2) is 70.9 Å². The summed E-state index contributed by atoms with van der Waals surface area (Å²) in [5, 5.41) is 18.1. The molecule has 296 valence electrons. The average Bonchev–Trinajstić information content (AvgIpc) is 3.45. The van der Waals surface area contributed by atoms with Crippen molar-refractivity contribution < 1.29 is 37.3 Å². The molecule has 2 N–H and O–H groups in total. The number of amides is 4. The number of hydrogen-bond acceptors (Lipinski definition) is 8. The maximum Gasteiger partial charge on any atom is 0.337 e. The quantitative estimate of drug-likeness (QED) is 0.206. The zero-order valence-corrected chi connectivity index (χ0v) is 33.6. The minimum absolute atomic E-state index is 0.0253. The summed E-state index contributed by atoms with van der Waals surface area (Å²) in [6.07, 6.45) is 0.519. The number of hydrazone groups is 2. The molecule has 16 heteroatoms. The fourth-order valence-corrected chi connectivity index (χ4v) is 6.70. The molecule has 4 aromatic rings. The number of ether oxygens (including phenoxy) is 4. The summed E-state index contributed by atoms with van der Waals surface area (Å²) in [7, 11) is 8.71. The summed E-state index contributed by atoms with van der Waals surface area (Å²) in [5.74, 6) is -0.495. The van der Waals surface area contributed by atoms with Crippen LogP contribution >= 0.6 is 23.2 Å². The first kappa shape index (κ1) is 41.6. The van der Waals surface area contributed by atoms with Gasteiger partial charge in [0.1, 0.15) is 0 Å². The van der Waals surface area contributed by atoms with Crippen molar-refractivity contribution in [2.75, 3.05) is 42.5 Å². The Bertz CT molecular complexity index is 2020. The lowest BCUT2D eigenvalue weighted by Crippen LogP contribution is -2.41. The fourth-order valence-electron chi connectivity index (χ4n) is 6.45. The van der Waals surface area contributed by atoms with Crippen LogP contribution in [-0.2, 0) is 12.8 Å². The number of halogens is 4. The number of benzene rings is 4. The molecule has 4 aromatic carbocycles. The molecule has 1 unspecified atom stereocenters. The molecule has 0 fully saturated rings. The number of urea groups is 2. The van der Waals surface area contributed by atoms with Gasteiger partial charge in [-0.1, -0.05) is 47.5 Å². The van der Waals surface area contributed by atoms with E-state index >= 15 is 8.78 Å². The monoisotopic (exact) mass is 810 g/mol. The van der Waals surface area contributed by atoms with Gasteiger partial charge >= 0.3 is 12.1 Å². The third-order valence-corrected chi connectivity index (χ3v) is 9.77. The Morgan fingerprint density at radius 1 is 0.643 bits per heavy atom. The Kier molecular flexibility index (Phi) is 13.3. The summed E-state index contributed by atoms with van der Waals surface area (Å²) in [6.45, 7) is 3.62. The molecule has 0 radical (unpaired) electrons. The molecule has 4 amide bonds. The largest absolute Gasteiger partial charge is 0.493 e. The third-order valence-electron chi connectivity index (χ3n) is 9.26. The van der Waals surface area contributed by atoms with Crippen molar-refractivity contribution in [2.24, 2.45) is 10.2 Å². The number of hydrogen-bond donors (Lipinski definition) is 2. The minimum Gasteiger partial charge on any atom is -0.493 e.